The van der Waals surface area contributed by atoms with Crippen LogP contribution < -0.4 is 0 Å². The standard InChI is InChI=1S/C23H16O7.C22H14O7/c1-7-3-11-15(13(24)4-7)22(29)23(30)17(20(11)27)14-8(2)5-12-16(21(14)28)19(26)10-6-9(10)18(12)25;1-7-3-9-15(12(23)4-7)13(24)6-11(17(9)25)14-8(2)5-10-16(19(14)27)20(28)22-21(29-22)18(10)26/h3-5,9-10,24,27-28H,6H2,1-2H3;3-6,21-23,27H,1-2H3/t9-,10+;21-,22+/m10/s1. The van der Waals surface area contributed by atoms with E-state index >= 15 is 0 Å². The largest absolute Gasteiger partial charge is 0.507 e. The first kappa shape index (κ1) is 37.3. The third-order valence-corrected chi connectivity index (χ3v) is 11.7. The quantitative estimate of drug-likeness (QED) is 0.129. The number of phenolic OH excluding ortho intramolecular Hbond substituents is 4. The Bertz CT molecular complexity index is 2940. The fourth-order valence-corrected chi connectivity index (χ4v) is 8.81. The van der Waals surface area contributed by atoms with E-state index in [0.29, 0.717) is 23.1 Å². The Labute approximate surface area is 332 Å². The van der Waals surface area contributed by atoms with Crippen LogP contribution in [0.5, 0.6) is 23.0 Å². The number of Topliss-reactive ketones (excluding diaryl/α,β-unsaturated/α-hetero) is 7. The molecule has 4 aromatic carbocycles. The molecule has 5 N–H and O–H groups in total. The lowest BCUT2D eigenvalue weighted by Crippen LogP contribution is -2.27. The molecule has 59 heavy (non-hydrogen) atoms. The number of rotatable bonds is 2. The molecule has 1 saturated carbocycles. The number of ketones is 8. The minimum absolute atomic E-state index is 0.0222. The van der Waals surface area contributed by atoms with Crippen LogP contribution in [-0.4, -0.2) is 84.0 Å². The molecule has 5 aliphatic carbocycles. The maximum absolute atomic E-state index is 13.1. The third-order valence-electron chi connectivity index (χ3n) is 11.7. The van der Waals surface area contributed by atoms with Crippen molar-refractivity contribution in [3.05, 3.63) is 120 Å². The number of carbonyl (C=O) groups excluding carboxylic acids is 8. The van der Waals surface area contributed by atoms with E-state index in [-0.39, 0.29) is 95.8 Å². The Balaban J connectivity index is 0.000000152. The summed E-state index contributed by atoms with van der Waals surface area (Å²) in [6, 6.07) is 8.49. The van der Waals surface area contributed by atoms with Gasteiger partial charge in [0.1, 0.15) is 28.8 Å². The van der Waals surface area contributed by atoms with Crippen LogP contribution in [0.3, 0.4) is 0 Å². The van der Waals surface area contributed by atoms with Gasteiger partial charge in [-0.2, -0.15) is 0 Å². The average molecular weight is 795 g/mol. The average Bonchev–Trinajstić information content (AvgIpc) is 4.10. The number of aliphatic hydroxyl groups is 1. The van der Waals surface area contributed by atoms with E-state index in [0.717, 1.165) is 6.08 Å². The molecule has 0 aromatic heterocycles. The third kappa shape index (κ3) is 5.15. The summed E-state index contributed by atoms with van der Waals surface area (Å²) >= 11 is 0. The SMILES string of the molecule is Cc1cc(O)c2c(c1)C(=O)C(c1c(C)cc3c(c1O)C(=O)[C@H]1O[C@H]1C3=O)=CC2=O.Cc1cc(O)c2c(c1)C(O)=C(c1c(C)cc3c(c1O)C(=O)[C@H]1C[C@H]1C3=O)C(=O)C2=O. The molecular weight excluding hydrogens is 764 g/mol. The highest BCUT2D eigenvalue weighted by atomic mass is 16.6. The molecule has 294 valence electrons. The van der Waals surface area contributed by atoms with E-state index in [4.69, 9.17) is 4.74 Å². The van der Waals surface area contributed by atoms with E-state index in [1.165, 1.54) is 43.3 Å². The summed E-state index contributed by atoms with van der Waals surface area (Å²) in [4.78, 5) is 102. The van der Waals surface area contributed by atoms with Gasteiger partial charge in [0, 0.05) is 50.8 Å². The van der Waals surface area contributed by atoms with Crippen molar-refractivity contribution >= 4 is 63.2 Å². The van der Waals surface area contributed by atoms with Gasteiger partial charge in [-0.05, 0) is 98.8 Å². The second-order valence-electron chi connectivity index (χ2n) is 15.6. The smallest absolute Gasteiger partial charge is 0.238 e. The van der Waals surface area contributed by atoms with Crippen LogP contribution in [0.2, 0.25) is 0 Å². The molecule has 1 saturated heterocycles. The number of hydrogen-bond donors (Lipinski definition) is 5. The topological polar surface area (TPSA) is 250 Å². The van der Waals surface area contributed by atoms with E-state index in [2.05, 4.69) is 0 Å². The molecule has 0 spiro atoms. The number of hydrogen-bond acceptors (Lipinski definition) is 14. The highest BCUT2D eigenvalue weighted by Crippen LogP contribution is 2.52. The lowest BCUT2D eigenvalue weighted by atomic mass is 9.79. The molecule has 0 amide bonds. The summed E-state index contributed by atoms with van der Waals surface area (Å²) in [5, 5.41) is 52.9. The Morgan fingerprint density at radius 2 is 1.02 bits per heavy atom. The number of ether oxygens (including phenoxy) is 1. The molecule has 6 aliphatic rings. The fourth-order valence-electron chi connectivity index (χ4n) is 8.81. The van der Waals surface area contributed by atoms with Gasteiger partial charge in [0.15, 0.2) is 46.9 Å². The number of phenols is 4. The molecule has 14 heteroatoms. The monoisotopic (exact) mass is 794 g/mol. The number of aryl methyl sites for hydroxylation is 4. The van der Waals surface area contributed by atoms with Gasteiger partial charge < -0.3 is 30.3 Å². The molecule has 0 unspecified atom stereocenters. The summed E-state index contributed by atoms with van der Waals surface area (Å²) in [5.41, 5.74) is 0.478. The van der Waals surface area contributed by atoms with E-state index in [1.54, 1.807) is 20.8 Å². The van der Waals surface area contributed by atoms with E-state index in [1.807, 2.05) is 0 Å². The van der Waals surface area contributed by atoms with Gasteiger partial charge in [0.2, 0.25) is 11.6 Å². The predicted octanol–water partition coefficient (Wildman–Crippen LogP) is 5.25. The zero-order valence-corrected chi connectivity index (χ0v) is 31.5. The second-order valence-corrected chi connectivity index (χ2v) is 15.6. The number of carbonyl (C=O) groups is 8. The van der Waals surface area contributed by atoms with E-state index < -0.39 is 75.6 Å². The van der Waals surface area contributed by atoms with Crippen molar-refractivity contribution in [2.24, 2.45) is 11.8 Å². The zero-order chi connectivity index (χ0) is 42.4. The van der Waals surface area contributed by atoms with Gasteiger partial charge >= 0.3 is 0 Å². The number of fused-ring (bicyclic) bond motifs is 6. The maximum atomic E-state index is 13.1. The molecule has 10 rings (SSSR count). The van der Waals surface area contributed by atoms with Crippen LogP contribution in [0.15, 0.2) is 42.5 Å². The predicted molar refractivity (Wildman–Crippen MR) is 204 cm³/mol. The van der Waals surface area contributed by atoms with Gasteiger partial charge in [0.05, 0.1) is 27.8 Å². The Kier molecular flexibility index (Phi) is 7.79. The molecule has 4 atom stereocenters. The van der Waals surface area contributed by atoms with Crippen LogP contribution in [0.4, 0.5) is 0 Å². The zero-order valence-electron chi connectivity index (χ0n) is 31.5. The number of aliphatic hydroxyl groups excluding tert-OH is 1. The Morgan fingerprint density at radius 3 is 1.68 bits per heavy atom. The maximum Gasteiger partial charge on any atom is 0.238 e. The number of allylic oxidation sites excluding steroid dienone is 3. The van der Waals surface area contributed by atoms with E-state index in [9.17, 15) is 63.9 Å². The highest BCUT2D eigenvalue weighted by molar-refractivity contribution is 6.62. The van der Waals surface area contributed by atoms with Crippen LogP contribution in [0, 0.1) is 39.5 Å². The van der Waals surface area contributed by atoms with Crippen LogP contribution in [0.1, 0.15) is 118 Å². The van der Waals surface area contributed by atoms with Crippen molar-refractivity contribution in [1.29, 1.82) is 0 Å². The number of benzene rings is 4. The van der Waals surface area contributed by atoms with Gasteiger partial charge in [-0.15, -0.1) is 0 Å². The molecule has 2 fully saturated rings. The summed E-state index contributed by atoms with van der Waals surface area (Å²) in [5.74, 6) is -8.05. The fraction of sp³-hybridized carbons (Fsp3) is 0.200. The molecule has 0 bridgehead atoms. The van der Waals surface area contributed by atoms with Gasteiger partial charge in [-0.3, -0.25) is 38.4 Å². The first-order valence-electron chi connectivity index (χ1n) is 18.4. The molecule has 4 aromatic rings. The van der Waals surface area contributed by atoms with Gasteiger partial charge in [0.25, 0.3) is 0 Å². The van der Waals surface area contributed by atoms with Crippen LogP contribution in [-0.2, 0) is 9.53 Å². The normalized spacial score (nSPS) is 22.1. The first-order valence-corrected chi connectivity index (χ1v) is 18.4. The van der Waals surface area contributed by atoms with Crippen molar-refractivity contribution in [1.82, 2.24) is 0 Å². The lowest BCUT2D eigenvalue weighted by Gasteiger charge is -2.23. The van der Waals surface area contributed by atoms with Crippen molar-refractivity contribution in [3.63, 3.8) is 0 Å². The van der Waals surface area contributed by atoms with Gasteiger partial charge in [-0.1, -0.05) is 0 Å². The number of epoxide rings is 1. The second kappa shape index (κ2) is 12.3. The minimum Gasteiger partial charge on any atom is -0.507 e. The Morgan fingerprint density at radius 1 is 0.492 bits per heavy atom. The van der Waals surface area contributed by atoms with Crippen molar-refractivity contribution in [2.75, 3.05) is 0 Å². The van der Waals surface area contributed by atoms with Crippen molar-refractivity contribution in [3.8, 4) is 23.0 Å². The molecule has 14 nitrogen and oxygen atoms in total. The number of aromatic hydroxyl groups is 4. The minimum atomic E-state index is -1.11. The van der Waals surface area contributed by atoms with Crippen LogP contribution in [0.25, 0.3) is 16.9 Å². The summed E-state index contributed by atoms with van der Waals surface area (Å²) in [7, 11) is 0. The molecular formula is C45H30O14. The summed E-state index contributed by atoms with van der Waals surface area (Å²) < 4.78 is 5.10. The summed E-state index contributed by atoms with van der Waals surface area (Å²) in [6.45, 7) is 6.42. The first-order chi connectivity index (χ1) is 27.8. The highest BCUT2D eigenvalue weighted by Gasteiger charge is 2.57. The molecule has 1 heterocycles. The van der Waals surface area contributed by atoms with Crippen LogP contribution >= 0.6 is 0 Å². The molecule has 0 radical (unpaired) electrons. The summed E-state index contributed by atoms with van der Waals surface area (Å²) in [6.07, 6.45) is -0.249. The van der Waals surface area contributed by atoms with Crippen molar-refractivity contribution in [2.45, 2.75) is 46.3 Å². The van der Waals surface area contributed by atoms with Gasteiger partial charge in [-0.25, -0.2) is 0 Å². The lowest BCUT2D eigenvalue weighted by molar-refractivity contribution is -0.110. The Hall–Kier alpha value is -7.32. The van der Waals surface area contributed by atoms with Crippen molar-refractivity contribution < 1.29 is 68.6 Å². The molecule has 1 aliphatic heterocycles.